The van der Waals surface area contributed by atoms with Crippen LogP contribution >= 0.6 is 0 Å². The number of hydrogen-bond acceptors (Lipinski definition) is 4. The van der Waals surface area contributed by atoms with Gasteiger partial charge in [0.25, 0.3) is 0 Å². The Morgan fingerprint density at radius 3 is 2.83 bits per heavy atom. The molecule has 0 amide bonds. The van der Waals surface area contributed by atoms with E-state index in [9.17, 15) is 5.11 Å². The minimum absolute atomic E-state index is 0.305. The molecule has 1 aliphatic carbocycles. The summed E-state index contributed by atoms with van der Waals surface area (Å²) in [6.45, 7) is 8.52. The van der Waals surface area contributed by atoms with Gasteiger partial charge in [0, 0.05) is 31.5 Å². The SMILES string of the molecule is CCNC(=NCC1(O)CCC1)NC1CCc2nnc(C(C)C)n2C1. The fourth-order valence-electron chi connectivity index (χ4n) is 3.38. The molecule has 1 aliphatic heterocycles. The predicted octanol–water partition coefficient (Wildman–Crippen LogP) is 1.19. The van der Waals surface area contributed by atoms with Gasteiger partial charge in [-0.25, -0.2) is 0 Å². The van der Waals surface area contributed by atoms with Gasteiger partial charge in [0.1, 0.15) is 11.6 Å². The fraction of sp³-hybridized carbons (Fsp3) is 0.824. The van der Waals surface area contributed by atoms with Gasteiger partial charge in [-0.2, -0.15) is 0 Å². The number of nitrogens with one attached hydrogen (secondary N) is 2. The Hall–Kier alpha value is -1.63. The summed E-state index contributed by atoms with van der Waals surface area (Å²) in [7, 11) is 0. The summed E-state index contributed by atoms with van der Waals surface area (Å²) in [4.78, 5) is 4.61. The largest absolute Gasteiger partial charge is 0.388 e. The number of aryl methyl sites for hydroxylation is 1. The van der Waals surface area contributed by atoms with Gasteiger partial charge in [0.05, 0.1) is 12.1 Å². The second-order valence-electron chi connectivity index (χ2n) is 7.39. The Balaban J connectivity index is 1.65. The average Bonchev–Trinajstić information content (AvgIpc) is 2.94. The fourth-order valence-corrected chi connectivity index (χ4v) is 3.38. The van der Waals surface area contributed by atoms with Crippen LogP contribution in [-0.4, -0.2) is 50.6 Å². The summed E-state index contributed by atoms with van der Waals surface area (Å²) in [5.74, 6) is 3.31. The molecule has 2 heterocycles. The summed E-state index contributed by atoms with van der Waals surface area (Å²) >= 11 is 0. The van der Waals surface area contributed by atoms with Gasteiger partial charge in [0.2, 0.25) is 0 Å². The van der Waals surface area contributed by atoms with Crippen molar-refractivity contribution in [3.05, 3.63) is 11.6 Å². The number of rotatable bonds is 5. The molecule has 7 heteroatoms. The summed E-state index contributed by atoms with van der Waals surface area (Å²) in [5.41, 5.74) is -0.582. The number of nitrogens with zero attached hydrogens (tertiary/aromatic N) is 4. The van der Waals surface area contributed by atoms with Crippen molar-refractivity contribution in [2.45, 2.75) is 77.0 Å². The van der Waals surface area contributed by atoms with Crippen LogP contribution in [0.15, 0.2) is 4.99 Å². The summed E-state index contributed by atoms with van der Waals surface area (Å²) in [5, 5.41) is 25.7. The molecular weight excluding hydrogens is 304 g/mol. The zero-order valence-corrected chi connectivity index (χ0v) is 15.0. The Kier molecular flexibility index (Phi) is 5.08. The standard InChI is InChI=1S/C17H30N6O/c1-4-18-16(19-11-17(24)8-5-9-17)20-13-6-7-14-21-22-15(12(2)3)23(14)10-13/h12-13,24H,4-11H2,1-3H3,(H2,18,19,20). The van der Waals surface area contributed by atoms with E-state index in [4.69, 9.17) is 0 Å². The molecule has 7 nitrogen and oxygen atoms in total. The molecule has 1 atom stereocenters. The Labute approximate surface area is 144 Å². The molecule has 24 heavy (non-hydrogen) atoms. The van der Waals surface area contributed by atoms with Crippen LogP contribution in [0.3, 0.4) is 0 Å². The first kappa shape index (κ1) is 17.2. The van der Waals surface area contributed by atoms with Crippen LogP contribution < -0.4 is 10.6 Å². The van der Waals surface area contributed by atoms with Gasteiger partial charge in [-0.15, -0.1) is 10.2 Å². The monoisotopic (exact) mass is 334 g/mol. The Morgan fingerprint density at radius 2 is 2.21 bits per heavy atom. The zero-order chi connectivity index (χ0) is 17.2. The molecule has 1 aromatic heterocycles. The Morgan fingerprint density at radius 1 is 1.42 bits per heavy atom. The first-order valence-corrected chi connectivity index (χ1v) is 9.20. The van der Waals surface area contributed by atoms with Gasteiger partial charge < -0.3 is 20.3 Å². The molecule has 3 N–H and O–H groups in total. The smallest absolute Gasteiger partial charge is 0.191 e. The van der Waals surface area contributed by atoms with E-state index >= 15 is 0 Å². The normalized spacial score (nSPS) is 22.9. The van der Waals surface area contributed by atoms with Crippen molar-refractivity contribution in [2.75, 3.05) is 13.1 Å². The third kappa shape index (κ3) is 3.71. The van der Waals surface area contributed by atoms with E-state index in [-0.39, 0.29) is 0 Å². The molecule has 0 bridgehead atoms. The van der Waals surface area contributed by atoms with Crippen molar-refractivity contribution >= 4 is 5.96 Å². The first-order chi connectivity index (χ1) is 11.5. The lowest BCUT2D eigenvalue weighted by atomic mass is 9.80. The maximum Gasteiger partial charge on any atom is 0.191 e. The van der Waals surface area contributed by atoms with Crippen LogP contribution in [0.4, 0.5) is 0 Å². The minimum atomic E-state index is -0.582. The molecule has 0 aromatic carbocycles. The van der Waals surface area contributed by atoms with E-state index < -0.39 is 5.60 Å². The molecule has 0 radical (unpaired) electrons. The van der Waals surface area contributed by atoms with Gasteiger partial charge in [-0.1, -0.05) is 13.8 Å². The van der Waals surface area contributed by atoms with Crippen LogP contribution in [0.1, 0.15) is 64.0 Å². The van der Waals surface area contributed by atoms with Gasteiger partial charge in [0.15, 0.2) is 5.96 Å². The van der Waals surface area contributed by atoms with E-state index in [2.05, 4.69) is 51.2 Å². The quantitative estimate of drug-likeness (QED) is 0.556. The van der Waals surface area contributed by atoms with Crippen molar-refractivity contribution in [1.29, 1.82) is 0 Å². The molecule has 0 saturated heterocycles. The minimum Gasteiger partial charge on any atom is -0.388 e. The second kappa shape index (κ2) is 7.09. The third-order valence-electron chi connectivity index (χ3n) is 4.99. The van der Waals surface area contributed by atoms with E-state index in [1.807, 2.05) is 0 Å². The maximum absolute atomic E-state index is 10.2. The van der Waals surface area contributed by atoms with Crippen LogP contribution in [0.2, 0.25) is 0 Å². The summed E-state index contributed by atoms with van der Waals surface area (Å²) in [6.07, 6.45) is 4.78. The number of hydrogen-bond donors (Lipinski definition) is 3. The van der Waals surface area contributed by atoms with Crippen molar-refractivity contribution in [3.8, 4) is 0 Å². The third-order valence-corrected chi connectivity index (χ3v) is 4.99. The molecule has 3 rings (SSSR count). The zero-order valence-electron chi connectivity index (χ0n) is 15.0. The second-order valence-corrected chi connectivity index (χ2v) is 7.39. The van der Waals surface area contributed by atoms with Crippen LogP contribution in [-0.2, 0) is 13.0 Å². The van der Waals surface area contributed by atoms with E-state index in [1.165, 1.54) is 0 Å². The van der Waals surface area contributed by atoms with Crippen molar-refractivity contribution < 1.29 is 5.11 Å². The lowest BCUT2D eigenvalue weighted by molar-refractivity contribution is -0.0236. The molecule has 0 spiro atoms. The average molecular weight is 334 g/mol. The Bertz CT molecular complexity index is 590. The molecule has 134 valence electrons. The number of guanidine groups is 1. The van der Waals surface area contributed by atoms with Crippen molar-refractivity contribution in [3.63, 3.8) is 0 Å². The highest BCUT2D eigenvalue weighted by molar-refractivity contribution is 5.80. The van der Waals surface area contributed by atoms with Gasteiger partial charge in [-0.05, 0) is 32.6 Å². The maximum atomic E-state index is 10.2. The number of aliphatic hydroxyl groups is 1. The molecule has 1 fully saturated rings. The molecule has 1 aromatic rings. The van der Waals surface area contributed by atoms with Crippen LogP contribution in [0.5, 0.6) is 0 Å². The summed E-state index contributed by atoms with van der Waals surface area (Å²) < 4.78 is 2.24. The van der Waals surface area contributed by atoms with Crippen LogP contribution in [0.25, 0.3) is 0 Å². The highest BCUT2D eigenvalue weighted by atomic mass is 16.3. The van der Waals surface area contributed by atoms with E-state index in [0.29, 0.717) is 18.5 Å². The van der Waals surface area contributed by atoms with Crippen molar-refractivity contribution in [2.24, 2.45) is 4.99 Å². The van der Waals surface area contributed by atoms with E-state index in [0.717, 1.165) is 62.8 Å². The lowest BCUT2D eigenvalue weighted by Crippen LogP contribution is -2.48. The van der Waals surface area contributed by atoms with Gasteiger partial charge in [-0.3, -0.25) is 4.99 Å². The molecule has 1 unspecified atom stereocenters. The number of aliphatic imine (C=N–C) groups is 1. The molecule has 2 aliphatic rings. The predicted molar refractivity (Wildman–Crippen MR) is 94.1 cm³/mol. The van der Waals surface area contributed by atoms with Gasteiger partial charge >= 0.3 is 0 Å². The lowest BCUT2D eigenvalue weighted by Gasteiger charge is -2.35. The summed E-state index contributed by atoms with van der Waals surface area (Å²) in [6, 6.07) is 0.305. The highest BCUT2D eigenvalue weighted by Gasteiger charge is 2.34. The highest BCUT2D eigenvalue weighted by Crippen LogP contribution is 2.31. The molecule has 1 saturated carbocycles. The number of fused-ring (bicyclic) bond motifs is 1. The first-order valence-electron chi connectivity index (χ1n) is 9.20. The number of aromatic nitrogens is 3. The van der Waals surface area contributed by atoms with Crippen molar-refractivity contribution in [1.82, 2.24) is 25.4 Å². The topological polar surface area (TPSA) is 87.4 Å². The van der Waals surface area contributed by atoms with Crippen LogP contribution in [0, 0.1) is 0 Å². The van der Waals surface area contributed by atoms with E-state index in [1.54, 1.807) is 0 Å². The molecular formula is C17H30N6O.